The SMILES string of the molecule is COc1ccc(C(=O)N/C(=C\c2cccs2)C(=O)Nc2ccc(OC(C)C)cc2)cc1OC. The van der Waals surface area contributed by atoms with Gasteiger partial charge >= 0.3 is 0 Å². The van der Waals surface area contributed by atoms with E-state index in [-0.39, 0.29) is 11.8 Å². The summed E-state index contributed by atoms with van der Waals surface area (Å²) >= 11 is 1.46. The van der Waals surface area contributed by atoms with Gasteiger partial charge in [0.2, 0.25) is 0 Å². The van der Waals surface area contributed by atoms with Gasteiger partial charge in [0, 0.05) is 16.1 Å². The number of nitrogens with one attached hydrogen (secondary N) is 2. The molecule has 0 spiro atoms. The number of carbonyl (C=O) groups is 2. The van der Waals surface area contributed by atoms with E-state index in [9.17, 15) is 9.59 Å². The fourth-order valence-electron chi connectivity index (χ4n) is 2.93. The van der Waals surface area contributed by atoms with E-state index in [2.05, 4.69) is 10.6 Å². The van der Waals surface area contributed by atoms with E-state index in [0.29, 0.717) is 28.5 Å². The van der Waals surface area contributed by atoms with E-state index in [1.54, 1.807) is 48.5 Å². The van der Waals surface area contributed by atoms with Crippen LogP contribution in [0.1, 0.15) is 29.1 Å². The van der Waals surface area contributed by atoms with Crippen LogP contribution in [0.15, 0.2) is 65.7 Å². The third-order valence-corrected chi connectivity index (χ3v) is 5.27. The quantitative estimate of drug-likeness (QED) is 0.435. The molecule has 172 valence electrons. The monoisotopic (exact) mass is 466 g/mol. The van der Waals surface area contributed by atoms with E-state index in [0.717, 1.165) is 4.88 Å². The molecule has 2 amide bonds. The zero-order chi connectivity index (χ0) is 23.8. The Labute approximate surface area is 197 Å². The van der Waals surface area contributed by atoms with Gasteiger partial charge in [-0.1, -0.05) is 6.07 Å². The number of hydrogen-bond donors (Lipinski definition) is 2. The van der Waals surface area contributed by atoms with Crippen LogP contribution in [0.3, 0.4) is 0 Å². The molecule has 1 heterocycles. The van der Waals surface area contributed by atoms with Crippen molar-refractivity contribution in [3.05, 3.63) is 76.1 Å². The van der Waals surface area contributed by atoms with Crippen LogP contribution in [-0.4, -0.2) is 32.1 Å². The van der Waals surface area contributed by atoms with Crippen LogP contribution in [0.25, 0.3) is 6.08 Å². The average Bonchev–Trinajstić information content (AvgIpc) is 3.32. The molecule has 3 aromatic rings. The van der Waals surface area contributed by atoms with E-state index in [1.807, 2.05) is 31.4 Å². The maximum atomic E-state index is 13.0. The first-order chi connectivity index (χ1) is 15.9. The Kier molecular flexibility index (Phi) is 8.10. The summed E-state index contributed by atoms with van der Waals surface area (Å²) < 4.78 is 16.1. The molecule has 2 N–H and O–H groups in total. The maximum absolute atomic E-state index is 13.0. The molecule has 2 aromatic carbocycles. The van der Waals surface area contributed by atoms with Crippen LogP contribution in [0.2, 0.25) is 0 Å². The highest BCUT2D eigenvalue weighted by Gasteiger charge is 2.17. The van der Waals surface area contributed by atoms with Crippen LogP contribution in [-0.2, 0) is 4.79 Å². The van der Waals surface area contributed by atoms with Gasteiger partial charge in [0.25, 0.3) is 11.8 Å². The Bertz CT molecular complexity index is 1120. The average molecular weight is 467 g/mol. The molecular formula is C25H26N2O5S. The summed E-state index contributed by atoms with van der Waals surface area (Å²) in [6, 6.07) is 15.6. The minimum Gasteiger partial charge on any atom is -0.493 e. The van der Waals surface area contributed by atoms with Gasteiger partial charge in [0.05, 0.1) is 20.3 Å². The lowest BCUT2D eigenvalue weighted by Gasteiger charge is -2.13. The minimum absolute atomic E-state index is 0.0533. The molecule has 0 fully saturated rings. The Morgan fingerprint density at radius 3 is 2.30 bits per heavy atom. The number of rotatable bonds is 9. The topological polar surface area (TPSA) is 85.9 Å². The number of carbonyl (C=O) groups excluding carboxylic acids is 2. The van der Waals surface area contributed by atoms with Gasteiger partial charge in [-0.15, -0.1) is 11.3 Å². The standard InChI is InChI=1S/C25H26N2O5S/c1-16(2)32-19-10-8-18(9-11-19)26-25(29)21(15-20-6-5-13-33-20)27-24(28)17-7-12-22(30-3)23(14-17)31-4/h5-16H,1-4H3,(H,26,29)(H,27,28)/b21-15-. The van der Waals surface area contributed by atoms with Crippen molar-refractivity contribution in [1.82, 2.24) is 5.32 Å². The van der Waals surface area contributed by atoms with Gasteiger partial charge in [-0.25, -0.2) is 0 Å². The molecule has 0 aliphatic carbocycles. The summed E-state index contributed by atoms with van der Waals surface area (Å²) in [6.07, 6.45) is 1.69. The van der Waals surface area contributed by atoms with Gasteiger partial charge < -0.3 is 24.8 Å². The molecule has 3 rings (SSSR count). The van der Waals surface area contributed by atoms with Crippen LogP contribution < -0.4 is 24.8 Å². The highest BCUT2D eigenvalue weighted by atomic mass is 32.1. The lowest BCUT2D eigenvalue weighted by atomic mass is 10.1. The van der Waals surface area contributed by atoms with Crippen molar-refractivity contribution >= 4 is 34.9 Å². The molecule has 1 aromatic heterocycles. The van der Waals surface area contributed by atoms with Gasteiger partial charge in [0.15, 0.2) is 11.5 Å². The largest absolute Gasteiger partial charge is 0.493 e. The summed E-state index contributed by atoms with van der Waals surface area (Å²) in [5, 5.41) is 7.42. The van der Waals surface area contributed by atoms with Crippen molar-refractivity contribution in [3.63, 3.8) is 0 Å². The first-order valence-corrected chi connectivity index (χ1v) is 11.1. The molecule has 8 heteroatoms. The van der Waals surface area contributed by atoms with Crippen molar-refractivity contribution in [2.45, 2.75) is 20.0 Å². The molecule has 0 aliphatic heterocycles. The normalized spacial score (nSPS) is 11.1. The second kappa shape index (κ2) is 11.2. The summed E-state index contributed by atoms with van der Waals surface area (Å²) in [6.45, 7) is 3.89. The molecule has 0 saturated heterocycles. The van der Waals surface area contributed by atoms with E-state index < -0.39 is 11.8 Å². The van der Waals surface area contributed by atoms with Crippen LogP contribution in [0.5, 0.6) is 17.2 Å². The molecule has 7 nitrogen and oxygen atoms in total. The number of hydrogen-bond acceptors (Lipinski definition) is 6. The molecule has 33 heavy (non-hydrogen) atoms. The Hall–Kier alpha value is -3.78. The van der Waals surface area contributed by atoms with E-state index in [1.165, 1.54) is 25.6 Å². The third-order valence-electron chi connectivity index (χ3n) is 4.45. The number of ether oxygens (including phenoxy) is 3. The Balaban J connectivity index is 1.80. The van der Waals surface area contributed by atoms with Crippen molar-refractivity contribution in [2.75, 3.05) is 19.5 Å². The summed E-state index contributed by atoms with van der Waals surface area (Å²) in [5.41, 5.74) is 1.01. The zero-order valence-electron chi connectivity index (χ0n) is 18.9. The number of amides is 2. The predicted molar refractivity (Wildman–Crippen MR) is 130 cm³/mol. The Morgan fingerprint density at radius 1 is 0.970 bits per heavy atom. The molecule has 0 unspecified atom stereocenters. The molecule has 0 bridgehead atoms. The maximum Gasteiger partial charge on any atom is 0.272 e. The second-order valence-electron chi connectivity index (χ2n) is 7.24. The molecule has 0 radical (unpaired) electrons. The first-order valence-electron chi connectivity index (χ1n) is 10.3. The molecule has 0 saturated carbocycles. The third kappa shape index (κ3) is 6.60. The fraction of sp³-hybridized carbons (Fsp3) is 0.200. The van der Waals surface area contributed by atoms with E-state index in [4.69, 9.17) is 14.2 Å². The molecule has 0 atom stereocenters. The molecular weight excluding hydrogens is 440 g/mol. The van der Waals surface area contributed by atoms with Gasteiger partial charge in [-0.05, 0) is 73.8 Å². The Morgan fingerprint density at radius 2 is 1.70 bits per heavy atom. The van der Waals surface area contributed by atoms with Crippen molar-refractivity contribution < 1.29 is 23.8 Å². The van der Waals surface area contributed by atoms with Crippen molar-refractivity contribution in [3.8, 4) is 17.2 Å². The number of thiophene rings is 1. The second-order valence-corrected chi connectivity index (χ2v) is 8.22. The lowest BCUT2D eigenvalue weighted by Crippen LogP contribution is -2.30. The van der Waals surface area contributed by atoms with Crippen molar-refractivity contribution in [2.24, 2.45) is 0 Å². The summed E-state index contributed by atoms with van der Waals surface area (Å²) in [5.74, 6) is 0.733. The van der Waals surface area contributed by atoms with Crippen LogP contribution >= 0.6 is 11.3 Å². The number of benzene rings is 2. The summed E-state index contributed by atoms with van der Waals surface area (Å²) in [7, 11) is 3.01. The summed E-state index contributed by atoms with van der Waals surface area (Å²) in [4.78, 5) is 26.8. The predicted octanol–water partition coefficient (Wildman–Crippen LogP) is 4.96. The van der Waals surface area contributed by atoms with Crippen molar-refractivity contribution in [1.29, 1.82) is 0 Å². The van der Waals surface area contributed by atoms with Gasteiger partial charge in [0.1, 0.15) is 11.4 Å². The van der Waals surface area contributed by atoms with Gasteiger partial charge in [-0.3, -0.25) is 9.59 Å². The first kappa shape index (κ1) is 23.9. The highest BCUT2D eigenvalue weighted by molar-refractivity contribution is 7.10. The van der Waals surface area contributed by atoms with Crippen LogP contribution in [0, 0.1) is 0 Å². The number of methoxy groups -OCH3 is 2. The number of anilines is 1. The molecule has 0 aliphatic rings. The highest BCUT2D eigenvalue weighted by Crippen LogP contribution is 2.27. The fourth-order valence-corrected chi connectivity index (χ4v) is 3.59. The zero-order valence-corrected chi connectivity index (χ0v) is 19.7. The smallest absolute Gasteiger partial charge is 0.272 e. The van der Waals surface area contributed by atoms with E-state index >= 15 is 0 Å². The lowest BCUT2D eigenvalue weighted by molar-refractivity contribution is -0.113. The minimum atomic E-state index is -0.449. The van der Waals surface area contributed by atoms with Gasteiger partial charge in [-0.2, -0.15) is 0 Å². The van der Waals surface area contributed by atoms with Crippen LogP contribution in [0.4, 0.5) is 5.69 Å².